The van der Waals surface area contributed by atoms with Crippen LogP contribution in [0.25, 0.3) is 0 Å². The van der Waals surface area contributed by atoms with Crippen molar-refractivity contribution in [2.45, 2.75) is 39.0 Å². The van der Waals surface area contributed by atoms with E-state index in [1.165, 1.54) is 7.11 Å². The Labute approximate surface area is 114 Å². The van der Waals surface area contributed by atoms with Crippen LogP contribution in [0, 0.1) is 11.8 Å². The number of benzene rings is 1. The average Bonchev–Trinajstić information content (AvgIpc) is 3.22. The van der Waals surface area contributed by atoms with E-state index < -0.39 is 0 Å². The Morgan fingerprint density at radius 3 is 2.63 bits per heavy atom. The Balaban J connectivity index is 2.29. The Hall–Kier alpha value is -1.51. The van der Waals surface area contributed by atoms with Crippen LogP contribution in [0.2, 0.25) is 0 Å². The van der Waals surface area contributed by atoms with Crippen LogP contribution in [0.15, 0.2) is 18.2 Å². The molecule has 3 nitrogen and oxygen atoms in total. The van der Waals surface area contributed by atoms with Crippen molar-refractivity contribution in [3.05, 3.63) is 29.3 Å². The minimum Gasteiger partial charge on any atom is -0.508 e. The van der Waals surface area contributed by atoms with Gasteiger partial charge in [-0.25, -0.2) is 0 Å². The fourth-order valence-electron chi connectivity index (χ4n) is 2.84. The lowest BCUT2D eigenvalue weighted by atomic mass is 9.82. The Morgan fingerprint density at radius 1 is 1.47 bits per heavy atom. The normalized spacial score (nSPS) is 17.8. The molecule has 2 atom stereocenters. The number of carbonyl (C=O) groups excluding carboxylic acids is 1. The second kappa shape index (κ2) is 5.64. The fraction of sp³-hybridized carbons (Fsp3) is 0.562. The van der Waals surface area contributed by atoms with Crippen molar-refractivity contribution in [1.82, 2.24) is 0 Å². The monoisotopic (exact) mass is 262 g/mol. The number of hydrogen-bond acceptors (Lipinski definition) is 3. The van der Waals surface area contributed by atoms with Gasteiger partial charge in [0, 0.05) is 0 Å². The third-order valence-corrected chi connectivity index (χ3v) is 4.12. The van der Waals surface area contributed by atoms with E-state index in [1.807, 2.05) is 32.0 Å². The van der Waals surface area contributed by atoms with Gasteiger partial charge >= 0.3 is 5.97 Å². The number of aryl methyl sites for hydroxylation is 1. The molecule has 0 radical (unpaired) electrons. The zero-order valence-electron chi connectivity index (χ0n) is 11.8. The zero-order chi connectivity index (χ0) is 14.0. The number of aromatic hydroxyl groups is 1. The summed E-state index contributed by atoms with van der Waals surface area (Å²) < 4.78 is 4.87. The maximum Gasteiger partial charge on any atom is 0.309 e. The van der Waals surface area contributed by atoms with E-state index in [-0.39, 0.29) is 17.8 Å². The molecule has 1 fully saturated rings. The van der Waals surface area contributed by atoms with Gasteiger partial charge in [0.15, 0.2) is 0 Å². The molecule has 1 aromatic carbocycles. The molecule has 0 aliphatic heterocycles. The maximum absolute atomic E-state index is 11.8. The van der Waals surface area contributed by atoms with Crippen LogP contribution in [0.1, 0.15) is 43.7 Å². The molecule has 19 heavy (non-hydrogen) atoms. The highest BCUT2D eigenvalue weighted by Crippen LogP contribution is 2.47. The molecule has 1 aliphatic carbocycles. The van der Waals surface area contributed by atoms with E-state index in [0.717, 1.165) is 30.4 Å². The molecule has 0 saturated heterocycles. The first-order valence-corrected chi connectivity index (χ1v) is 6.98. The lowest BCUT2D eigenvalue weighted by molar-refractivity contribution is -0.145. The molecule has 1 N–H and O–H groups in total. The van der Waals surface area contributed by atoms with Crippen molar-refractivity contribution in [3.8, 4) is 5.75 Å². The molecular formula is C16H22O3. The van der Waals surface area contributed by atoms with Crippen LogP contribution in [0.4, 0.5) is 0 Å². The summed E-state index contributed by atoms with van der Waals surface area (Å²) in [6, 6.07) is 5.83. The molecule has 0 spiro atoms. The Kier molecular flexibility index (Phi) is 4.13. The van der Waals surface area contributed by atoms with Crippen LogP contribution in [0.5, 0.6) is 5.75 Å². The van der Waals surface area contributed by atoms with Crippen molar-refractivity contribution in [1.29, 1.82) is 0 Å². The maximum atomic E-state index is 11.8. The van der Waals surface area contributed by atoms with Crippen molar-refractivity contribution in [3.63, 3.8) is 0 Å². The van der Waals surface area contributed by atoms with Gasteiger partial charge < -0.3 is 9.84 Å². The van der Waals surface area contributed by atoms with Gasteiger partial charge in [-0.05, 0) is 48.3 Å². The zero-order valence-corrected chi connectivity index (χ0v) is 11.8. The number of rotatable bonds is 5. The van der Waals surface area contributed by atoms with Crippen molar-refractivity contribution in [2.75, 3.05) is 7.11 Å². The summed E-state index contributed by atoms with van der Waals surface area (Å²) in [6.45, 7) is 3.93. The topological polar surface area (TPSA) is 46.5 Å². The molecule has 0 aromatic heterocycles. The Morgan fingerprint density at radius 2 is 2.16 bits per heavy atom. The van der Waals surface area contributed by atoms with Crippen LogP contribution in [-0.4, -0.2) is 18.2 Å². The predicted molar refractivity (Wildman–Crippen MR) is 74.1 cm³/mol. The predicted octanol–water partition coefficient (Wildman–Crippen LogP) is 3.26. The highest BCUT2D eigenvalue weighted by Gasteiger charge is 2.39. The van der Waals surface area contributed by atoms with Crippen molar-refractivity contribution in [2.24, 2.45) is 11.8 Å². The van der Waals surface area contributed by atoms with Crippen LogP contribution in [-0.2, 0) is 16.0 Å². The van der Waals surface area contributed by atoms with Gasteiger partial charge in [-0.2, -0.15) is 0 Å². The number of phenolic OH excluding ortho intramolecular Hbond substituents is 1. The first-order chi connectivity index (χ1) is 9.08. The molecule has 0 amide bonds. The van der Waals surface area contributed by atoms with Gasteiger partial charge in [0.1, 0.15) is 5.75 Å². The van der Waals surface area contributed by atoms with Gasteiger partial charge in [0.2, 0.25) is 0 Å². The van der Waals surface area contributed by atoms with E-state index in [0.29, 0.717) is 11.7 Å². The average molecular weight is 262 g/mol. The summed E-state index contributed by atoms with van der Waals surface area (Å²) in [5, 5.41) is 10.0. The van der Waals surface area contributed by atoms with Crippen LogP contribution < -0.4 is 0 Å². The summed E-state index contributed by atoms with van der Waals surface area (Å²) >= 11 is 0. The number of esters is 1. The first kappa shape index (κ1) is 13.9. The molecule has 2 rings (SSSR count). The molecule has 2 unspecified atom stereocenters. The molecule has 0 bridgehead atoms. The second-order valence-corrected chi connectivity index (χ2v) is 5.42. The number of methoxy groups -OCH3 is 1. The van der Waals surface area contributed by atoms with Crippen LogP contribution >= 0.6 is 0 Å². The Bertz CT molecular complexity index is 463. The summed E-state index contributed by atoms with van der Waals surface area (Å²) in [6.07, 6.45) is 3.12. The van der Waals surface area contributed by atoms with E-state index in [2.05, 4.69) is 0 Å². The molecule has 1 saturated carbocycles. The third kappa shape index (κ3) is 2.91. The molecule has 1 aromatic rings. The number of hydrogen-bond donors (Lipinski definition) is 1. The number of phenols is 1. The van der Waals surface area contributed by atoms with Gasteiger partial charge in [-0.3, -0.25) is 4.79 Å². The summed E-state index contributed by atoms with van der Waals surface area (Å²) in [5.74, 6) is 0.702. The van der Waals surface area contributed by atoms with Gasteiger partial charge in [0.25, 0.3) is 0 Å². The molecule has 104 valence electrons. The summed E-state index contributed by atoms with van der Waals surface area (Å²) in [4.78, 5) is 11.8. The quantitative estimate of drug-likeness (QED) is 0.828. The largest absolute Gasteiger partial charge is 0.508 e. The molecule has 3 heteroatoms. The lowest BCUT2D eigenvalue weighted by Crippen LogP contribution is -2.22. The van der Waals surface area contributed by atoms with E-state index in [4.69, 9.17) is 4.74 Å². The fourth-order valence-corrected chi connectivity index (χ4v) is 2.84. The van der Waals surface area contributed by atoms with Crippen molar-refractivity contribution < 1.29 is 14.6 Å². The number of carbonyl (C=O) groups is 1. The third-order valence-electron chi connectivity index (χ3n) is 4.12. The summed E-state index contributed by atoms with van der Waals surface area (Å²) in [5.41, 5.74) is 2.00. The van der Waals surface area contributed by atoms with Gasteiger partial charge in [-0.15, -0.1) is 0 Å². The highest BCUT2D eigenvalue weighted by atomic mass is 16.5. The molecular weight excluding hydrogens is 240 g/mol. The lowest BCUT2D eigenvalue weighted by Gasteiger charge is -2.23. The standard InChI is InChI=1S/C16H22O3/c1-4-11-5-8-13(9-14(11)17)15(12-6-7-12)10(2)16(18)19-3/h5,8-10,12,15,17H,4,6-7H2,1-3H3. The second-order valence-electron chi connectivity index (χ2n) is 5.42. The van der Waals surface area contributed by atoms with Gasteiger partial charge in [-0.1, -0.05) is 26.0 Å². The van der Waals surface area contributed by atoms with E-state index in [9.17, 15) is 9.90 Å². The SMILES string of the molecule is CCc1ccc(C(C2CC2)C(C)C(=O)OC)cc1O. The van der Waals surface area contributed by atoms with Crippen molar-refractivity contribution >= 4 is 5.97 Å². The van der Waals surface area contributed by atoms with Crippen LogP contribution in [0.3, 0.4) is 0 Å². The van der Waals surface area contributed by atoms with E-state index >= 15 is 0 Å². The molecule has 1 aliphatic rings. The summed E-state index contributed by atoms with van der Waals surface area (Å²) in [7, 11) is 1.43. The number of ether oxygens (including phenoxy) is 1. The van der Waals surface area contributed by atoms with Gasteiger partial charge in [0.05, 0.1) is 13.0 Å². The first-order valence-electron chi connectivity index (χ1n) is 6.98. The minimum atomic E-state index is -0.170. The highest BCUT2D eigenvalue weighted by molar-refractivity contribution is 5.73. The molecule has 0 heterocycles. The van der Waals surface area contributed by atoms with E-state index in [1.54, 1.807) is 0 Å². The minimum absolute atomic E-state index is 0.157. The smallest absolute Gasteiger partial charge is 0.309 e.